The van der Waals surface area contributed by atoms with Crippen LogP contribution >= 0.6 is 0 Å². The first-order chi connectivity index (χ1) is 11.0. The highest BCUT2D eigenvalue weighted by Gasteiger charge is 2.63. The molecule has 0 spiro atoms. The molecule has 0 bridgehead atoms. The van der Waals surface area contributed by atoms with E-state index in [1.54, 1.807) is 18.7 Å². The summed E-state index contributed by atoms with van der Waals surface area (Å²) in [5.74, 6) is -0.844. The van der Waals surface area contributed by atoms with Crippen LogP contribution in [0, 0.1) is 5.82 Å². The molecule has 24 heavy (non-hydrogen) atoms. The Morgan fingerprint density at radius 3 is 2.00 bits per heavy atom. The number of anilines is 1. The molecule has 0 aliphatic carbocycles. The fraction of sp³-hybridized carbons (Fsp3) is 0.600. The number of benzene rings is 1. The van der Waals surface area contributed by atoms with Crippen molar-refractivity contribution in [3.8, 4) is 0 Å². The Labute approximate surface area is 134 Å². The molecule has 0 radical (unpaired) electrons. The van der Waals surface area contributed by atoms with Crippen molar-refractivity contribution in [1.29, 1.82) is 0 Å². The summed E-state index contributed by atoms with van der Waals surface area (Å²) < 4.78 is 90.3. The number of rotatable bonds is 7. The van der Waals surface area contributed by atoms with Gasteiger partial charge in [0.25, 0.3) is 12.1 Å². The molecule has 1 N–H and O–H groups in total. The zero-order valence-corrected chi connectivity index (χ0v) is 13.0. The standard InChI is InChI=1S/C15H18F7NO/c1-3-23(4-2)11-6-5-9(7-10(11)16)12(24)8-14(19,13(17)18)15(20,21)22/h5-7,12-13,24H,3-4,8H2,1-2H3. The van der Waals surface area contributed by atoms with Gasteiger partial charge in [-0.1, -0.05) is 6.07 Å². The number of alkyl halides is 6. The van der Waals surface area contributed by atoms with Gasteiger partial charge in [-0.15, -0.1) is 0 Å². The number of aliphatic hydroxyl groups is 1. The van der Waals surface area contributed by atoms with Gasteiger partial charge in [-0.25, -0.2) is 17.6 Å². The van der Waals surface area contributed by atoms with Gasteiger partial charge in [0.1, 0.15) is 5.82 Å². The molecule has 2 unspecified atom stereocenters. The predicted molar refractivity (Wildman–Crippen MR) is 75.4 cm³/mol. The van der Waals surface area contributed by atoms with Gasteiger partial charge in [0.2, 0.25) is 0 Å². The molecule has 2 nitrogen and oxygen atoms in total. The molecule has 0 heterocycles. The van der Waals surface area contributed by atoms with Crippen LogP contribution in [-0.2, 0) is 0 Å². The first-order valence-electron chi connectivity index (χ1n) is 7.24. The van der Waals surface area contributed by atoms with Crippen LogP contribution in [0.2, 0.25) is 0 Å². The van der Waals surface area contributed by atoms with E-state index in [1.807, 2.05) is 0 Å². The van der Waals surface area contributed by atoms with Crippen LogP contribution in [0.1, 0.15) is 31.9 Å². The zero-order chi connectivity index (χ0) is 18.7. The lowest BCUT2D eigenvalue weighted by molar-refractivity contribution is -0.276. The van der Waals surface area contributed by atoms with Crippen LogP contribution in [0.5, 0.6) is 0 Å². The Balaban J connectivity index is 3.08. The van der Waals surface area contributed by atoms with Crippen LogP contribution in [0.3, 0.4) is 0 Å². The van der Waals surface area contributed by atoms with Gasteiger partial charge in [-0.3, -0.25) is 0 Å². The number of halogens is 7. The molecular weight excluding hydrogens is 343 g/mol. The van der Waals surface area contributed by atoms with Crippen LogP contribution < -0.4 is 4.90 Å². The minimum absolute atomic E-state index is 0.146. The van der Waals surface area contributed by atoms with Crippen molar-refractivity contribution in [2.24, 2.45) is 0 Å². The Kier molecular flexibility index (Phi) is 6.49. The molecule has 0 aliphatic heterocycles. The van der Waals surface area contributed by atoms with E-state index in [1.165, 1.54) is 6.07 Å². The second-order valence-corrected chi connectivity index (χ2v) is 5.26. The molecular formula is C15H18F7NO. The van der Waals surface area contributed by atoms with Gasteiger partial charge >= 0.3 is 6.18 Å². The lowest BCUT2D eigenvalue weighted by Gasteiger charge is -2.29. The van der Waals surface area contributed by atoms with E-state index in [4.69, 9.17) is 0 Å². The smallest absolute Gasteiger partial charge is 0.388 e. The second kappa shape index (κ2) is 7.58. The number of aliphatic hydroxyl groups excluding tert-OH is 1. The van der Waals surface area contributed by atoms with Crippen LogP contribution in [0.25, 0.3) is 0 Å². The van der Waals surface area contributed by atoms with Gasteiger partial charge in [0, 0.05) is 19.5 Å². The monoisotopic (exact) mass is 361 g/mol. The summed E-state index contributed by atoms with van der Waals surface area (Å²) in [7, 11) is 0. The maximum atomic E-state index is 14.0. The SMILES string of the molecule is CCN(CC)c1ccc(C(O)CC(F)(C(F)F)C(F)(F)F)cc1F. The van der Waals surface area contributed by atoms with Crippen molar-refractivity contribution in [3.63, 3.8) is 0 Å². The summed E-state index contributed by atoms with van der Waals surface area (Å²) in [5, 5.41) is 9.68. The average molecular weight is 361 g/mol. The molecule has 0 aromatic heterocycles. The quantitative estimate of drug-likeness (QED) is 0.716. The summed E-state index contributed by atoms with van der Waals surface area (Å²) >= 11 is 0. The molecule has 2 atom stereocenters. The van der Waals surface area contributed by atoms with Crippen molar-refractivity contribution < 1.29 is 35.8 Å². The third-order valence-electron chi connectivity index (χ3n) is 3.77. The largest absolute Gasteiger partial charge is 0.428 e. The summed E-state index contributed by atoms with van der Waals surface area (Å²) in [4.78, 5) is 1.61. The lowest BCUT2D eigenvalue weighted by atomic mass is 9.93. The van der Waals surface area contributed by atoms with E-state index in [2.05, 4.69) is 0 Å². The Morgan fingerprint density at radius 1 is 1.08 bits per heavy atom. The van der Waals surface area contributed by atoms with Gasteiger partial charge in [-0.05, 0) is 31.5 Å². The van der Waals surface area contributed by atoms with Gasteiger partial charge in [0.15, 0.2) is 0 Å². The molecule has 9 heteroatoms. The van der Waals surface area contributed by atoms with E-state index in [-0.39, 0.29) is 5.69 Å². The number of hydrogen-bond acceptors (Lipinski definition) is 2. The van der Waals surface area contributed by atoms with Crippen molar-refractivity contribution in [2.45, 2.75) is 44.6 Å². The highest BCUT2D eigenvalue weighted by Crippen LogP contribution is 2.44. The Bertz CT molecular complexity index is 545. The van der Waals surface area contributed by atoms with Crippen LogP contribution in [0.4, 0.5) is 36.4 Å². The van der Waals surface area contributed by atoms with Crippen LogP contribution in [-0.4, -0.2) is 36.5 Å². The van der Waals surface area contributed by atoms with E-state index >= 15 is 0 Å². The second-order valence-electron chi connectivity index (χ2n) is 5.26. The van der Waals surface area contributed by atoms with Gasteiger partial charge in [0.05, 0.1) is 11.8 Å². The molecule has 138 valence electrons. The zero-order valence-electron chi connectivity index (χ0n) is 13.0. The summed E-state index contributed by atoms with van der Waals surface area (Å²) in [6.07, 6.45) is -14.4. The first kappa shape index (κ1) is 20.5. The number of nitrogens with zero attached hydrogens (tertiary/aromatic N) is 1. The van der Waals surface area contributed by atoms with E-state index in [0.717, 1.165) is 12.1 Å². The molecule has 0 amide bonds. The maximum absolute atomic E-state index is 14.0. The third kappa shape index (κ3) is 4.12. The van der Waals surface area contributed by atoms with Crippen molar-refractivity contribution in [1.82, 2.24) is 0 Å². The average Bonchev–Trinajstić information content (AvgIpc) is 2.48. The molecule has 1 rings (SSSR count). The van der Waals surface area contributed by atoms with Crippen molar-refractivity contribution in [3.05, 3.63) is 29.6 Å². The van der Waals surface area contributed by atoms with E-state index in [0.29, 0.717) is 13.1 Å². The molecule has 1 aromatic carbocycles. The Hall–Kier alpha value is -1.51. The van der Waals surface area contributed by atoms with Crippen LogP contribution in [0.15, 0.2) is 18.2 Å². The third-order valence-corrected chi connectivity index (χ3v) is 3.77. The van der Waals surface area contributed by atoms with Crippen molar-refractivity contribution in [2.75, 3.05) is 18.0 Å². The first-order valence-corrected chi connectivity index (χ1v) is 7.24. The summed E-state index contributed by atoms with van der Waals surface area (Å²) in [6.45, 7) is 4.44. The molecule has 0 aliphatic rings. The summed E-state index contributed by atoms with van der Waals surface area (Å²) in [5.41, 5.74) is -5.14. The maximum Gasteiger partial charge on any atom is 0.428 e. The molecule has 1 aromatic rings. The fourth-order valence-corrected chi connectivity index (χ4v) is 2.28. The molecule has 0 saturated heterocycles. The highest BCUT2D eigenvalue weighted by atomic mass is 19.4. The minimum atomic E-state index is -5.86. The normalized spacial score (nSPS) is 16.1. The lowest BCUT2D eigenvalue weighted by Crippen LogP contribution is -2.48. The van der Waals surface area contributed by atoms with E-state index in [9.17, 15) is 35.8 Å². The van der Waals surface area contributed by atoms with E-state index < -0.39 is 42.2 Å². The van der Waals surface area contributed by atoms with Crippen molar-refractivity contribution >= 4 is 5.69 Å². The van der Waals surface area contributed by atoms with Gasteiger partial charge < -0.3 is 10.0 Å². The predicted octanol–water partition coefficient (Wildman–Crippen LogP) is 4.63. The molecule has 0 fully saturated rings. The topological polar surface area (TPSA) is 23.5 Å². The Morgan fingerprint density at radius 2 is 1.62 bits per heavy atom. The number of hydrogen-bond donors (Lipinski definition) is 1. The molecule has 0 saturated carbocycles. The van der Waals surface area contributed by atoms with Gasteiger partial charge in [-0.2, -0.15) is 13.2 Å². The fourth-order valence-electron chi connectivity index (χ4n) is 2.28. The minimum Gasteiger partial charge on any atom is -0.388 e. The summed E-state index contributed by atoms with van der Waals surface area (Å²) in [6, 6.07) is 3.01. The highest BCUT2D eigenvalue weighted by molar-refractivity contribution is 5.49.